The molecule has 0 spiro atoms. The van der Waals surface area contributed by atoms with Gasteiger partial charge in [0.1, 0.15) is 0 Å². The Morgan fingerprint density at radius 1 is 0.816 bits per heavy atom. The molecule has 0 unspecified atom stereocenters. The predicted octanol–water partition coefficient (Wildman–Crippen LogP) is 7.60. The zero-order valence-corrected chi connectivity index (χ0v) is 29.6. The number of benzene rings is 2. The first kappa shape index (κ1) is 32.5. The third-order valence-electron chi connectivity index (χ3n) is 10.7. The van der Waals surface area contributed by atoms with Crippen LogP contribution in [0.5, 0.6) is 11.8 Å². The normalized spacial score (nSPS) is 21.7. The number of nitrogens with one attached hydrogen (secondary N) is 2. The Kier molecular flexibility index (Phi) is 8.77. The molecule has 49 heavy (non-hydrogen) atoms. The Balaban J connectivity index is 1.10. The number of halogens is 2. The van der Waals surface area contributed by atoms with E-state index in [4.69, 9.17) is 42.6 Å². The van der Waals surface area contributed by atoms with Crippen molar-refractivity contribution in [1.82, 2.24) is 25.5 Å². The van der Waals surface area contributed by atoms with Gasteiger partial charge in [0, 0.05) is 77.6 Å². The van der Waals surface area contributed by atoms with Crippen molar-refractivity contribution >= 4 is 29.1 Å². The molecule has 3 atom stereocenters. The molecule has 8 nitrogen and oxygen atoms in total. The number of nitrogens with zero attached hydrogens (tertiary/aromatic N) is 3. The Bertz CT molecular complexity index is 1940. The van der Waals surface area contributed by atoms with Gasteiger partial charge in [-0.25, -0.2) is 9.97 Å². The maximum absolute atomic E-state index is 11.7. The number of amides is 1. The number of hydrogen-bond donors (Lipinski definition) is 2. The summed E-state index contributed by atoms with van der Waals surface area (Å²) in [7, 11) is 3.37. The quantitative estimate of drug-likeness (QED) is 0.186. The Hall–Kier alpha value is -3.69. The van der Waals surface area contributed by atoms with E-state index in [1.54, 1.807) is 14.2 Å². The van der Waals surface area contributed by atoms with E-state index >= 15 is 0 Å². The van der Waals surface area contributed by atoms with Crippen LogP contribution >= 0.6 is 23.2 Å². The summed E-state index contributed by atoms with van der Waals surface area (Å²) in [6, 6.07) is 17.0. The summed E-state index contributed by atoms with van der Waals surface area (Å²) >= 11 is 14.5. The minimum atomic E-state index is 0.115. The highest BCUT2D eigenvalue weighted by atomic mass is 35.5. The molecule has 8 rings (SSSR count). The van der Waals surface area contributed by atoms with Crippen molar-refractivity contribution in [3.05, 3.63) is 80.8 Å². The standard InChI is InChI=1S/C39H41Cl2N5O3/c1-21-19-46(20-21)32-14-11-23-17-31(45-39(49-3)35(23)32)28-9-5-7-26(37(28)41)25-6-4-8-27(36(25)40)30-16-22-10-13-29(34(22)38(44-30)48-2)42-18-24-12-15-33(47)43-24/h4-9,16-17,21,24,29,32,42H,10-15,18-20H2,1-3H3,(H,43,47)/t24-,29+,32+/m0/s1. The molecule has 2 aromatic carbocycles. The Morgan fingerprint density at radius 2 is 1.39 bits per heavy atom. The summed E-state index contributed by atoms with van der Waals surface area (Å²) in [6.07, 6.45) is 5.37. The average Bonchev–Trinajstić information content (AvgIpc) is 3.83. The monoisotopic (exact) mass is 697 g/mol. The fraction of sp³-hybridized carbons (Fsp3) is 0.410. The van der Waals surface area contributed by atoms with Crippen molar-refractivity contribution in [2.75, 3.05) is 33.9 Å². The number of ether oxygens (including phenoxy) is 2. The summed E-state index contributed by atoms with van der Waals surface area (Å²) in [5, 5.41) is 7.86. The largest absolute Gasteiger partial charge is 0.481 e. The van der Waals surface area contributed by atoms with Crippen molar-refractivity contribution in [1.29, 1.82) is 0 Å². The van der Waals surface area contributed by atoms with Crippen LogP contribution in [0.1, 0.15) is 66.9 Å². The van der Waals surface area contributed by atoms with E-state index in [0.717, 1.165) is 96.9 Å². The number of likely N-dealkylation sites (tertiary alicyclic amines) is 1. The van der Waals surface area contributed by atoms with Crippen LogP contribution in [0.15, 0.2) is 48.5 Å². The minimum absolute atomic E-state index is 0.115. The van der Waals surface area contributed by atoms with Crippen molar-refractivity contribution in [3.63, 3.8) is 0 Å². The molecular weight excluding hydrogens is 657 g/mol. The molecule has 0 bridgehead atoms. The second-order valence-electron chi connectivity index (χ2n) is 13.9. The second-order valence-corrected chi connectivity index (χ2v) is 14.7. The molecule has 0 saturated carbocycles. The van der Waals surface area contributed by atoms with Crippen molar-refractivity contribution in [2.24, 2.45) is 5.92 Å². The topological polar surface area (TPSA) is 88.6 Å². The fourth-order valence-electron chi connectivity index (χ4n) is 8.34. The van der Waals surface area contributed by atoms with Crippen LogP contribution in [0.25, 0.3) is 33.6 Å². The van der Waals surface area contributed by atoms with Gasteiger partial charge in [0.05, 0.1) is 35.7 Å². The van der Waals surface area contributed by atoms with Crippen LogP contribution in [-0.2, 0) is 17.6 Å². The summed E-state index contributed by atoms with van der Waals surface area (Å²) in [5.74, 6) is 2.15. The van der Waals surface area contributed by atoms with E-state index in [1.807, 2.05) is 36.4 Å². The number of fused-ring (bicyclic) bond motifs is 2. The molecule has 254 valence electrons. The first-order valence-electron chi connectivity index (χ1n) is 17.3. The van der Waals surface area contributed by atoms with Gasteiger partial charge in [0.2, 0.25) is 17.7 Å². The Morgan fingerprint density at radius 3 is 1.96 bits per heavy atom. The number of carbonyl (C=O) groups is 1. The molecule has 4 aliphatic rings. The van der Waals surface area contributed by atoms with E-state index < -0.39 is 0 Å². The van der Waals surface area contributed by atoms with Gasteiger partial charge in [-0.3, -0.25) is 9.69 Å². The molecule has 2 aromatic heterocycles. The van der Waals surface area contributed by atoms with E-state index in [-0.39, 0.29) is 18.0 Å². The molecule has 10 heteroatoms. The molecule has 1 amide bonds. The van der Waals surface area contributed by atoms with Crippen molar-refractivity contribution in [3.8, 4) is 45.4 Å². The summed E-state index contributed by atoms with van der Waals surface area (Å²) < 4.78 is 11.7. The third-order valence-corrected chi connectivity index (χ3v) is 11.6. The molecule has 2 aliphatic carbocycles. The number of aryl methyl sites for hydroxylation is 2. The van der Waals surface area contributed by atoms with Crippen LogP contribution in [0.3, 0.4) is 0 Å². The highest BCUT2D eigenvalue weighted by Gasteiger charge is 2.37. The minimum Gasteiger partial charge on any atom is -0.481 e. The molecule has 2 fully saturated rings. The molecule has 0 radical (unpaired) electrons. The van der Waals surface area contributed by atoms with Crippen LogP contribution in [0, 0.1) is 5.92 Å². The second kappa shape index (κ2) is 13.2. The molecule has 2 saturated heterocycles. The van der Waals surface area contributed by atoms with E-state index in [2.05, 4.69) is 34.6 Å². The summed E-state index contributed by atoms with van der Waals surface area (Å²) in [4.78, 5) is 24.2. The zero-order valence-electron chi connectivity index (χ0n) is 28.1. The van der Waals surface area contributed by atoms with Gasteiger partial charge < -0.3 is 20.1 Å². The maximum Gasteiger partial charge on any atom is 0.220 e. The summed E-state index contributed by atoms with van der Waals surface area (Å²) in [5.41, 5.74) is 9.66. The van der Waals surface area contributed by atoms with Crippen LogP contribution < -0.4 is 20.1 Å². The number of carbonyl (C=O) groups excluding carboxylic acids is 1. The van der Waals surface area contributed by atoms with Gasteiger partial charge in [0.25, 0.3) is 0 Å². The third kappa shape index (κ3) is 5.86. The number of rotatable bonds is 9. The molecule has 2 aliphatic heterocycles. The lowest BCUT2D eigenvalue weighted by Crippen LogP contribution is -2.46. The molecule has 4 heterocycles. The average molecular weight is 699 g/mol. The fourth-order valence-corrected chi connectivity index (χ4v) is 8.99. The van der Waals surface area contributed by atoms with E-state index in [1.165, 1.54) is 16.7 Å². The number of methoxy groups -OCH3 is 2. The lowest BCUT2D eigenvalue weighted by Gasteiger charge is -2.42. The van der Waals surface area contributed by atoms with Crippen LogP contribution in [0.2, 0.25) is 10.0 Å². The first-order valence-corrected chi connectivity index (χ1v) is 18.1. The first-order chi connectivity index (χ1) is 23.8. The number of aromatic nitrogens is 2. The van der Waals surface area contributed by atoms with Gasteiger partial charge >= 0.3 is 0 Å². The van der Waals surface area contributed by atoms with Gasteiger partial charge in [-0.15, -0.1) is 0 Å². The molecule has 2 N–H and O–H groups in total. The lowest BCUT2D eigenvalue weighted by atomic mass is 9.96. The van der Waals surface area contributed by atoms with Crippen LogP contribution in [-0.4, -0.2) is 60.7 Å². The molecule has 4 aromatic rings. The van der Waals surface area contributed by atoms with E-state index in [0.29, 0.717) is 34.3 Å². The van der Waals surface area contributed by atoms with Gasteiger partial charge in [-0.05, 0) is 61.3 Å². The Labute approximate surface area is 297 Å². The van der Waals surface area contributed by atoms with Crippen molar-refractivity contribution < 1.29 is 14.3 Å². The maximum atomic E-state index is 11.7. The van der Waals surface area contributed by atoms with Gasteiger partial charge in [-0.2, -0.15) is 0 Å². The van der Waals surface area contributed by atoms with Crippen molar-refractivity contribution in [2.45, 2.75) is 63.6 Å². The van der Waals surface area contributed by atoms with Gasteiger partial charge in [-0.1, -0.05) is 66.5 Å². The van der Waals surface area contributed by atoms with Gasteiger partial charge in [0.15, 0.2) is 0 Å². The smallest absolute Gasteiger partial charge is 0.220 e. The zero-order chi connectivity index (χ0) is 33.8. The van der Waals surface area contributed by atoms with Crippen LogP contribution in [0.4, 0.5) is 0 Å². The predicted molar refractivity (Wildman–Crippen MR) is 193 cm³/mol. The highest BCUT2D eigenvalue weighted by Crippen LogP contribution is 2.47. The highest BCUT2D eigenvalue weighted by molar-refractivity contribution is 6.39. The number of pyridine rings is 2. The van der Waals surface area contributed by atoms with E-state index in [9.17, 15) is 4.79 Å². The molecular formula is C39H41Cl2N5O3. The lowest BCUT2D eigenvalue weighted by molar-refractivity contribution is -0.119. The SMILES string of the molecule is COc1nc(-c2cccc(-c3cccc(-c4cc5c(c(OC)n4)[C@H](NC[C@@H]4CCC(=O)N4)CC5)c3Cl)c2Cl)cc2c1[C@H](N1CC(C)C1)CC2. The summed E-state index contributed by atoms with van der Waals surface area (Å²) in [6.45, 7) is 5.27. The number of hydrogen-bond acceptors (Lipinski definition) is 7.